The van der Waals surface area contributed by atoms with Crippen LogP contribution in [-0.2, 0) is 28.6 Å². The Morgan fingerprint density at radius 1 is 0.292 bits per heavy atom. The first-order chi connectivity index (χ1) is 32.0. The largest absolute Gasteiger partial charge is 0.462 e. The zero-order chi connectivity index (χ0) is 47.2. The Balaban J connectivity index is 4.24. The molecule has 65 heavy (non-hydrogen) atoms. The maximum absolute atomic E-state index is 12.8. The van der Waals surface area contributed by atoms with Gasteiger partial charge < -0.3 is 14.2 Å². The van der Waals surface area contributed by atoms with Gasteiger partial charge in [0.1, 0.15) is 13.2 Å². The van der Waals surface area contributed by atoms with E-state index < -0.39 is 6.10 Å². The summed E-state index contributed by atoms with van der Waals surface area (Å²) < 4.78 is 16.9. The number of esters is 3. The first kappa shape index (κ1) is 62.9. The van der Waals surface area contributed by atoms with Crippen LogP contribution in [0.5, 0.6) is 0 Å². The summed E-state index contributed by atoms with van der Waals surface area (Å²) in [5.74, 6) is -0.856. The van der Waals surface area contributed by atoms with Gasteiger partial charge in [0.2, 0.25) is 0 Å². The SMILES string of the molecule is CCCCCC/C=C\CCCCCCCCCC(=O)OC[C@@H](COC(=O)CCCCCCCCCCCCC/C=C\CCCCCCCC)OC(=O)CCCCCCCCCCCCC. The van der Waals surface area contributed by atoms with Crippen LogP contribution in [0.1, 0.15) is 316 Å². The van der Waals surface area contributed by atoms with E-state index in [-0.39, 0.29) is 31.1 Å². The van der Waals surface area contributed by atoms with Crippen molar-refractivity contribution in [3.63, 3.8) is 0 Å². The lowest BCUT2D eigenvalue weighted by atomic mass is 10.0. The molecule has 0 N–H and O–H groups in total. The topological polar surface area (TPSA) is 78.9 Å². The Hall–Kier alpha value is -2.11. The fraction of sp³-hybridized carbons (Fsp3) is 0.881. The van der Waals surface area contributed by atoms with E-state index in [1.807, 2.05) is 0 Å². The summed E-state index contributed by atoms with van der Waals surface area (Å²) >= 11 is 0. The fourth-order valence-electron chi connectivity index (χ4n) is 8.55. The van der Waals surface area contributed by atoms with E-state index in [0.717, 1.165) is 57.8 Å². The summed E-state index contributed by atoms with van der Waals surface area (Å²) in [4.78, 5) is 38.1. The molecule has 0 saturated heterocycles. The first-order valence-electron chi connectivity index (χ1n) is 28.8. The molecule has 0 bridgehead atoms. The summed E-state index contributed by atoms with van der Waals surface area (Å²) in [6.07, 6.45) is 63.1. The van der Waals surface area contributed by atoms with Crippen molar-refractivity contribution in [2.75, 3.05) is 13.2 Å². The molecular weight excluding hydrogens is 805 g/mol. The summed E-state index contributed by atoms with van der Waals surface area (Å²) in [6.45, 7) is 6.65. The minimum atomic E-state index is -0.768. The molecule has 0 fully saturated rings. The standard InChI is InChI=1S/C59H110O6/c1-4-7-10-13-16-19-22-24-26-27-28-29-30-31-33-35-38-40-43-46-49-52-58(61)64-55-56(65-59(62)53-50-47-44-41-36-21-18-15-12-9-6-3)54-63-57(60)51-48-45-42-39-37-34-32-25-23-20-17-14-11-8-5-2/h20,23-24,26,56H,4-19,21-22,25,27-55H2,1-3H3/b23-20-,26-24-/t56-/m0/s1. The van der Waals surface area contributed by atoms with Gasteiger partial charge in [0.05, 0.1) is 0 Å². The van der Waals surface area contributed by atoms with E-state index in [2.05, 4.69) is 45.1 Å². The van der Waals surface area contributed by atoms with Gasteiger partial charge in [0.15, 0.2) is 6.10 Å². The van der Waals surface area contributed by atoms with Crippen LogP contribution in [0.3, 0.4) is 0 Å². The van der Waals surface area contributed by atoms with Crippen molar-refractivity contribution in [1.82, 2.24) is 0 Å². The first-order valence-corrected chi connectivity index (χ1v) is 28.8. The van der Waals surface area contributed by atoms with Crippen LogP contribution in [0, 0.1) is 0 Å². The minimum absolute atomic E-state index is 0.0686. The van der Waals surface area contributed by atoms with E-state index in [0.29, 0.717) is 19.3 Å². The molecule has 0 saturated carbocycles. The maximum Gasteiger partial charge on any atom is 0.306 e. The Kier molecular flexibility index (Phi) is 52.7. The smallest absolute Gasteiger partial charge is 0.306 e. The lowest BCUT2D eigenvalue weighted by Crippen LogP contribution is -2.30. The third-order valence-corrected chi connectivity index (χ3v) is 12.9. The average molecular weight is 916 g/mol. The molecule has 0 aromatic carbocycles. The summed E-state index contributed by atoms with van der Waals surface area (Å²) in [7, 11) is 0. The average Bonchev–Trinajstić information content (AvgIpc) is 3.30. The normalized spacial score (nSPS) is 12.1. The monoisotopic (exact) mass is 915 g/mol. The third-order valence-electron chi connectivity index (χ3n) is 12.9. The molecule has 382 valence electrons. The summed E-state index contributed by atoms with van der Waals surface area (Å²) in [5, 5.41) is 0. The van der Waals surface area contributed by atoms with E-state index in [9.17, 15) is 14.4 Å². The molecule has 6 heteroatoms. The molecule has 0 spiro atoms. The van der Waals surface area contributed by atoms with Crippen LogP contribution in [-0.4, -0.2) is 37.2 Å². The third kappa shape index (κ3) is 52.7. The van der Waals surface area contributed by atoms with Crippen molar-refractivity contribution in [2.24, 2.45) is 0 Å². The molecule has 0 aromatic rings. The van der Waals surface area contributed by atoms with Crippen molar-refractivity contribution in [3.8, 4) is 0 Å². The van der Waals surface area contributed by atoms with Gasteiger partial charge in [-0.05, 0) is 70.6 Å². The number of carbonyl (C=O) groups excluding carboxylic acids is 3. The molecule has 0 heterocycles. The molecule has 1 atom stereocenters. The zero-order valence-corrected chi connectivity index (χ0v) is 43.8. The van der Waals surface area contributed by atoms with E-state index in [4.69, 9.17) is 14.2 Å². The second kappa shape index (κ2) is 54.5. The number of carbonyl (C=O) groups is 3. The Bertz CT molecular complexity index is 1050. The number of unbranched alkanes of at least 4 members (excludes halogenated alkanes) is 38. The number of hydrogen-bond donors (Lipinski definition) is 0. The van der Waals surface area contributed by atoms with Gasteiger partial charge in [-0.2, -0.15) is 0 Å². The van der Waals surface area contributed by atoms with Gasteiger partial charge in [0, 0.05) is 19.3 Å². The molecule has 0 unspecified atom stereocenters. The highest BCUT2D eigenvalue weighted by Crippen LogP contribution is 2.16. The molecule has 6 nitrogen and oxygen atoms in total. The number of allylic oxidation sites excluding steroid dienone is 4. The van der Waals surface area contributed by atoms with E-state index >= 15 is 0 Å². The lowest BCUT2D eigenvalue weighted by molar-refractivity contribution is -0.167. The van der Waals surface area contributed by atoms with Crippen molar-refractivity contribution >= 4 is 17.9 Å². The van der Waals surface area contributed by atoms with Crippen LogP contribution in [0.4, 0.5) is 0 Å². The quantitative estimate of drug-likeness (QED) is 0.0262. The van der Waals surface area contributed by atoms with Gasteiger partial charge in [-0.25, -0.2) is 0 Å². The molecule has 0 aromatic heterocycles. The lowest BCUT2D eigenvalue weighted by Gasteiger charge is -2.18. The Morgan fingerprint density at radius 2 is 0.508 bits per heavy atom. The Labute approximate surface area is 404 Å². The van der Waals surface area contributed by atoms with Gasteiger partial charge in [-0.15, -0.1) is 0 Å². The van der Waals surface area contributed by atoms with Gasteiger partial charge in [-0.1, -0.05) is 251 Å². The highest BCUT2D eigenvalue weighted by molar-refractivity contribution is 5.71. The van der Waals surface area contributed by atoms with E-state index in [1.54, 1.807) is 0 Å². The number of ether oxygens (including phenoxy) is 3. The zero-order valence-electron chi connectivity index (χ0n) is 43.8. The highest BCUT2D eigenvalue weighted by atomic mass is 16.6. The van der Waals surface area contributed by atoms with Crippen molar-refractivity contribution in [1.29, 1.82) is 0 Å². The van der Waals surface area contributed by atoms with Crippen molar-refractivity contribution < 1.29 is 28.6 Å². The predicted molar refractivity (Wildman–Crippen MR) is 279 cm³/mol. The second-order valence-electron chi connectivity index (χ2n) is 19.6. The Morgan fingerprint density at radius 3 is 0.785 bits per heavy atom. The number of hydrogen-bond acceptors (Lipinski definition) is 6. The van der Waals surface area contributed by atoms with Gasteiger partial charge in [-0.3, -0.25) is 14.4 Å². The van der Waals surface area contributed by atoms with Crippen molar-refractivity contribution in [2.45, 2.75) is 322 Å². The minimum Gasteiger partial charge on any atom is -0.462 e. The summed E-state index contributed by atoms with van der Waals surface area (Å²) in [5.41, 5.74) is 0. The summed E-state index contributed by atoms with van der Waals surface area (Å²) in [6, 6.07) is 0. The molecule has 0 aliphatic heterocycles. The van der Waals surface area contributed by atoms with Crippen LogP contribution in [0.2, 0.25) is 0 Å². The van der Waals surface area contributed by atoms with Crippen LogP contribution in [0.15, 0.2) is 24.3 Å². The van der Waals surface area contributed by atoms with Gasteiger partial charge in [0.25, 0.3) is 0 Å². The molecule has 0 aliphatic rings. The maximum atomic E-state index is 12.8. The van der Waals surface area contributed by atoms with E-state index in [1.165, 1.54) is 218 Å². The molecule has 0 rings (SSSR count). The van der Waals surface area contributed by atoms with Gasteiger partial charge >= 0.3 is 17.9 Å². The van der Waals surface area contributed by atoms with Crippen LogP contribution < -0.4 is 0 Å². The molecular formula is C59H110O6. The van der Waals surface area contributed by atoms with Crippen LogP contribution in [0.25, 0.3) is 0 Å². The fourth-order valence-corrected chi connectivity index (χ4v) is 8.55. The van der Waals surface area contributed by atoms with Crippen molar-refractivity contribution in [3.05, 3.63) is 24.3 Å². The predicted octanol–water partition coefficient (Wildman–Crippen LogP) is 19.1. The molecule has 0 amide bonds. The number of rotatable bonds is 53. The second-order valence-corrected chi connectivity index (χ2v) is 19.6. The van der Waals surface area contributed by atoms with Crippen LogP contribution >= 0.6 is 0 Å². The highest BCUT2D eigenvalue weighted by Gasteiger charge is 2.19. The molecule has 0 aliphatic carbocycles. The molecule has 0 radical (unpaired) electrons.